The number of carbonyl (C=O) groups is 1. The van der Waals surface area contributed by atoms with Crippen LogP contribution in [0.1, 0.15) is 18.9 Å². The van der Waals surface area contributed by atoms with Gasteiger partial charge in [-0.3, -0.25) is 4.79 Å². The molecule has 1 heterocycles. The third-order valence-corrected chi connectivity index (χ3v) is 3.45. The maximum Gasteiger partial charge on any atom is 0.224 e. The summed E-state index contributed by atoms with van der Waals surface area (Å²) in [4.78, 5) is 11.9. The molecule has 0 radical (unpaired) electrons. The summed E-state index contributed by atoms with van der Waals surface area (Å²) in [7, 11) is 0. The molecule has 1 saturated heterocycles. The van der Waals surface area contributed by atoms with Gasteiger partial charge in [0.2, 0.25) is 5.91 Å². The molecule has 0 spiro atoms. The van der Waals surface area contributed by atoms with Crippen molar-refractivity contribution >= 4 is 17.5 Å². The summed E-state index contributed by atoms with van der Waals surface area (Å²) in [5.74, 6) is 0.219. The van der Waals surface area contributed by atoms with Gasteiger partial charge in [0.05, 0.1) is 5.92 Å². The van der Waals surface area contributed by atoms with Crippen molar-refractivity contribution in [1.82, 2.24) is 10.6 Å². The molecule has 92 valence electrons. The van der Waals surface area contributed by atoms with E-state index in [4.69, 9.17) is 11.6 Å². The van der Waals surface area contributed by atoms with Crippen molar-refractivity contribution in [3.63, 3.8) is 0 Å². The van der Waals surface area contributed by atoms with Crippen LogP contribution < -0.4 is 10.6 Å². The van der Waals surface area contributed by atoms with Gasteiger partial charge in [-0.2, -0.15) is 0 Å². The zero-order valence-electron chi connectivity index (χ0n) is 9.87. The molecule has 0 aliphatic carbocycles. The minimum absolute atomic E-state index is 0.0918. The van der Waals surface area contributed by atoms with Gasteiger partial charge < -0.3 is 10.6 Å². The molecule has 2 N–H and O–H groups in total. The summed E-state index contributed by atoms with van der Waals surface area (Å²) >= 11 is 5.89. The van der Waals surface area contributed by atoms with Crippen LogP contribution in [-0.4, -0.2) is 18.5 Å². The van der Waals surface area contributed by atoms with Gasteiger partial charge in [-0.05, 0) is 37.6 Å². The van der Waals surface area contributed by atoms with Crippen molar-refractivity contribution in [3.8, 4) is 0 Å². The fourth-order valence-electron chi connectivity index (χ4n) is 2.18. The number of nitrogens with one attached hydrogen (secondary N) is 2. The van der Waals surface area contributed by atoms with Crippen molar-refractivity contribution < 1.29 is 4.79 Å². The molecule has 0 bridgehead atoms. The maximum atomic E-state index is 11.9. The summed E-state index contributed by atoms with van der Waals surface area (Å²) in [6, 6.07) is 7.83. The average Bonchev–Trinajstić information content (AvgIpc) is 2.72. The maximum absolute atomic E-state index is 11.9. The second kappa shape index (κ2) is 5.52. The van der Waals surface area contributed by atoms with E-state index in [1.165, 1.54) is 0 Å². The summed E-state index contributed by atoms with van der Waals surface area (Å²) in [6.07, 6.45) is 0.919. The lowest BCUT2D eigenvalue weighted by atomic mass is 10.0. The predicted molar refractivity (Wildman–Crippen MR) is 68.9 cm³/mol. The van der Waals surface area contributed by atoms with E-state index in [1.54, 1.807) is 0 Å². The molecule has 3 nitrogen and oxygen atoms in total. The van der Waals surface area contributed by atoms with Crippen LogP contribution in [0.2, 0.25) is 5.02 Å². The lowest BCUT2D eigenvalue weighted by Gasteiger charge is -2.14. The quantitative estimate of drug-likeness (QED) is 0.864. The predicted octanol–water partition coefficient (Wildman–Crippen LogP) is 1.95. The molecule has 4 heteroatoms. The minimum atomic E-state index is 0.0918. The highest BCUT2D eigenvalue weighted by Crippen LogP contribution is 2.15. The van der Waals surface area contributed by atoms with Crippen LogP contribution in [0, 0.1) is 5.92 Å². The second-order valence-electron chi connectivity index (χ2n) is 4.49. The fourth-order valence-corrected chi connectivity index (χ4v) is 2.40. The van der Waals surface area contributed by atoms with E-state index in [9.17, 15) is 4.79 Å². The molecule has 2 atom stereocenters. The first-order valence-corrected chi connectivity index (χ1v) is 6.30. The molecule has 2 rings (SSSR count). The van der Waals surface area contributed by atoms with E-state index >= 15 is 0 Å². The Hall–Kier alpha value is -1.06. The number of rotatable bonds is 3. The molecule has 1 aliphatic heterocycles. The summed E-state index contributed by atoms with van der Waals surface area (Å²) in [6.45, 7) is 3.52. The van der Waals surface area contributed by atoms with E-state index in [2.05, 4.69) is 17.6 Å². The number of benzene rings is 1. The van der Waals surface area contributed by atoms with Crippen LogP contribution in [-0.2, 0) is 11.3 Å². The summed E-state index contributed by atoms with van der Waals surface area (Å²) in [5, 5.41) is 6.94. The molecule has 1 aromatic carbocycles. The normalized spacial score (nSPS) is 23.6. The molecular weight excluding hydrogens is 236 g/mol. The zero-order chi connectivity index (χ0) is 12.3. The van der Waals surface area contributed by atoms with Gasteiger partial charge in [0, 0.05) is 17.6 Å². The van der Waals surface area contributed by atoms with E-state index < -0.39 is 0 Å². The van der Waals surface area contributed by atoms with E-state index in [0.29, 0.717) is 11.6 Å². The Balaban J connectivity index is 1.88. The van der Waals surface area contributed by atoms with Gasteiger partial charge in [-0.25, -0.2) is 0 Å². The van der Waals surface area contributed by atoms with Gasteiger partial charge in [0.1, 0.15) is 0 Å². The topological polar surface area (TPSA) is 41.1 Å². The highest BCUT2D eigenvalue weighted by molar-refractivity contribution is 6.30. The van der Waals surface area contributed by atoms with Crippen molar-refractivity contribution in [1.29, 1.82) is 0 Å². The SMILES string of the molecule is CC1NCCC1C(=O)NCc1cccc(Cl)c1. The molecule has 1 aliphatic rings. The van der Waals surface area contributed by atoms with Gasteiger partial charge in [0.15, 0.2) is 0 Å². The molecule has 1 aromatic rings. The van der Waals surface area contributed by atoms with Crippen molar-refractivity contribution in [2.75, 3.05) is 6.54 Å². The number of hydrogen-bond acceptors (Lipinski definition) is 2. The van der Waals surface area contributed by atoms with Crippen molar-refractivity contribution in [3.05, 3.63) is 34.9 Å². The van der Waals surface area contributed by atoms with Gasteiger partial charge in [0.25, 0.3) is 0 Å². The first kappa shape index (κ1) is 12.4. The molecule has 0 saturated carbocycles. The molecule has 0 aromatic heterocycles. The number of halogens is 1. The van der Waals surface area contributed by atoms with Gasteiger partial charge >= 0.3 is 0 Å². The van der Waals surface area contributed by atoms with Crippen LogP contribution in [0.5, 0.6) is 0 Å². The third-order valence-electron chi connectivity index (χ3n) is 3.22. The second-order valence-corrected chi connectivity index (χ2v) is 4.92. The lowest BCUT2D eigenvalue weighted by Crippen LogP contribution is -2.36. The van der Waals surface area contributed by atoms with E-state index in [1.807, 2.05) is 24.3 Å². The molecule has 17 heavy (non-hydrogen) atoms. The van der Waals surface area contributed by atoms with Crippen molar-refractivity contribution in [2.24, 2.45) is 5.92 Å². The van der Waals surface area contributed by atoms with Crippen LogP contribution >= 0.6 is 11.6 Å². The highest BCUT2D eigenvalue weighted by Gasteiger charge is 2.28. The van der Waals surface area contributed by atoms with Crippen LogP contribution in [0.25, 0.3) is 0 Å². The fraction of sp³-hybridized carbons (Fsp3) is 0.462. The Labute approximate surface area is 107 Å². The Morgan fingerprint density at radius 3 is 3.06 bits per heavy atom. The van der Waals surface area contributed by atoms with Crippen LogP contribution in [0.3, 0.4) is 0 Å². The summed E-state index contributed by atoms with van der Waals surface area (Å²) in [5.41, 5.74) is 1.03. The third kappa shape index (κ3) is 3.20. The van der Waals surface area contributed by atoms with Crippen LogP contribution in [0.15, 0.2) is 24.3 Å². The zero-order valence-corrected chi connectivity index (χ0v) is 10.6. The summed E-state index contributed by atoms with van der Waals surface area (Å²) < 4.78 is 0. The molecule has 1 amide bonds. The first-order valence-electron chi connectivity index (χ1n) is 5.92. The average molecular weight is 253 g/mol. The molecule has 1 fully saturated rings. The highest BCUT2D eigenvalue weighted by atomic mass is 35.5. The first-order chi connectivity index (χ1) is 8.16. The monoisotopic (exact) mass is 252 g/mol. The lowest BCUT2D eigenvalue weighted by molar-refractivity contribution is -0.125. The largest absolute Gasteiger partial charge is 0.352 e. The Morgan fingerprint density at radius 1 is 1.59 bits per heavy atom. The number of amides is 1. The molecule has 2 unspecified atom stereocenters. The number of carbonyl (C=O) groups excluding carboxylic acids is 1. The van der Waals surface area contributed by atoms with Gasteiger partial charge in [-0.15, -0.1) is 0 Å². The van der Waals surface area contributed by atoms with Crippen molar-refractivity contribution in [2.45, 2.75) is 25.9 Å². The van der Waals surface area contributed by atoms with E-state index in [0.717, 1.165) is 18.5 Å². The van der Waals surface area contributed by atoms with Gasteiger partial charge in [-0.1, -0.05) is 23.7 Å². The van der Waals surface area contributed by atoms with Crippen LogP contribution in [0.4, 0.5) is 0 Å². The standard InChI is InChI=1S/C13H17ClN2O/c1-9-12(5-6-15-9)13(17)16-8-10-3-2-4-11(14)7-10/h2-4,7,9,12,15H,5-6,8H2,1H3,(H,16,17). The number of hydrogen-bond donors (Lipinski definition) is 2. The Morgan fingerprint density at radius 2 is 2.41 bits per heavy atom. The molecular formula is C13H17ClN2O. The Kier molecular flexibility index (Phi) is 4.02. The van der Waals surface area contributed by atoms with E-state index in [-0.39, 0.29) is 17.9 Å². The Bertz CT molecular complexity index is 408. The minimum Gasteiger partial charge on any atom is -0.352 e. The smallest absolute Gasteiger partial charge is 0.224 e.